The molecule has 2 aromatic rings. The van der Waals surface area contributed by atoms with Gasteiger partial charge < -0.3 is 5.32 Å². The normalized spacial score (nSPS) is 10.9. The number of hydrogen-bond acceptors (Lipinski definition) is 3. The first-order valence-electron chi connectivity index (χ1n) is 7.35. The molecule has 1 N–H and O–H groups in total. The lowest BCUT2D eigenvalue weighted by Crippen LogP contribution is -2.31. The number of nitrogens with zero attached hydrogens (tertiary/aromatic N) is 3. The fourth-order valence-corrected chi connectivity index (χ4v) is 2.16. The summed E-state index contributed by atoms with van der Waals surface area (Å²) in [6.45, 7) is 7.99. The van der Waals surface area contributed by atoms with Crippen molar-refractivity contribution in [2.75, 3.05) is 0 Å². The number of aryl methyl sites for hydroxylation is 1. The predicted octanol–water partition coefficient (Wildman–Crippen LogP) is 2.67. The van der Waals surface area contributed by atoms with Gasteiger partial charge in [-0.3, -0.25) is 4.79 Å². The van der Waals surface area contributed by atoms with E-state index in [0.717, 1.165) is 24.2 Å². The minimum absolute atomic E-state index is 0.0801. The standard InChI is InChI=1S/C16H22N4O/c1-5-6-14-15(16(21)17-11(2)3)18-19-20(14)13-9-7-12(4)8-10-13/h7-11H,5-6H2,1-4H3,(H,17,21). The summed E-state index contributed by atoms with van der Waals surface area (Å²) < 4.78 is 1.76. The topological polar surface area (TPSA) is 59.8 Å². The van der Waals surface area contributed by atoms with Gasteiger partial charge >= 0.3 is 0 Å². The number of carbonyl (C=O) groups excluding carboxylic acids is 1. The fourth-order valence-electron chi connectivity index (χ4n) is 2.16. The van der Waals surface area contributed by atoms with Gasteiger partial charge in [-0.15, -0.1) is 5.10 Å². The first-order valence-corrected chi connectivity index (χ1v) is 7.35. The van der Waals surface area contributed by atoms with Gasteiger partial charge in [0.05, 0.1) is 11.4 Å². The molecular formula is C16H22N4O. The lowest BCUT2D eigenvalue weighted by Gasteiger charge is -2.09. The highest BCUT2D eigenvalue weighted by Crippen LogP contribution is 2.15. The number of nitrogens with one attached hydrogen (secondary N) is 1. The molecule has 0 saturated heterocycles. The second-order valence-corrected chi connectivity index (χ2v) is 5.51. The molecule has 0 bridgehead atoms. The Bertz CT molecular complexity index is 614. The molecule has 0 saturated carbocycles. The van der Waals surface area contributed by atoms with Crippen molar-refractivity contribution in [3.8, 4) is 5.69 Å². The first kappa shape index (κ1) is 15.2. The Labute approximate surface area is 125 Å². The van der Waals surface area contributed by atoms with Crippen LogP contribution in [0.4, 0.5) is 0 Å². The highest BCUT2D eigenvalue weighted by atomic mass is 16.2. The Morgan fingerprint density at radius 1 is 1.29 bits per heavy atom. The van der Waals surface area contributed by atoms with E-state index in [1.165, 1.54) is 5.56 Å². The van der Waals surface area contributed by atoms with Crippen LogP contribution in [0.3, 0.4) is 0 Å². The van der Waals surface area contributed by atoms with Crippen LogP contribution in [0.15, 0.2) is 24.3 Å². The van der Waals surface area contributed by atoms with Gasteiger partial charge in [-0.1, -0.05) is 36.3 Å². The SMILES string of the molecule is CCCc1c(C(=O)NC(C)C)nnn1-c1ccc(C)cc1. The molecule has 21 heavy (non-hydrogen) atoms. The van der Waals surface area contributed by atoms with E-state index in [1.807, 2.05) is 45.0 Å². The number of benzene rings is 1. The molecular weight excluding hydrogens is 264 g/mol. The smallest absolute Gasteiger partial charge is 0.273 e. The quantitative estimate of drug-likeness (QED) is 0.919. The molecule has 1 amide bonds. The van der Waals surface area contributed by atoms with Crippen LogP contribution in [0, 0.1) is 6.92 Å². The summed E-state index contributed by atoms with van der Waals surface area (Å²) in [5.41, 5.74) is 3.40. The van der Waals surface area contributed by atoms with Crippen LogP contribution in [-0.4, -0.2) is 26.9 Å². The van der Waals surface area contributed by atoms with E-state index in [-0.39, 0.29) is 11.9 Å². The summed E-state index contributed by atoms with van der Waals surface area (Å²) in [6.07, 6.45) is 1.70. The van der Waals surface area contributed by atoms with Crippen molar-refractivity contribution in [3.63, 3.8) is 0 Å². The summed E-state index contributed by atoms with van der Waals surface area (Å²) in [6, 6.07) is 8.12. The molecule has 0 spiro atoms. The van der Waals surface area contributed by atoms with E-state index >= 15 is 0 Å². The zero-order valence-corrected chi connectivity index (χ0v) is 13.1. The van der Waals surface area contributed by atoms with E-state index in [2.05, 4.69) is 22.6 Å². The molecule has 2 rings (SSSR count). The van der Waals surface area contributed by atoms with E-state index < -0.39 is 0 Å². The maximum absolute atomic E-state index is 12.2. The minimum atomic E-state index is -0.160. The van der Waals surface area contributed by atoms with Gasteiger partial charge in [0.1, 0.15) is 0 Å². The van der Waals surface area contributed by atoms with Crippen LogP contribution in [0.1, 0.15) is 48.9 Å². The van der Waals surface area contributed by atoms with Gasteiger partial charge in [0.2, 0.25) is 0 Å². The zero-order chi connectivity index (χ0) is 15.4. The van der Waals surface area contributed by atoms with Crippen molar-refractivity contribution in [1.29, 1.82) is 0 Å². The van der Waals surface area contributed by atoms with Crippen molar-refractivity contribution >= 4 is 5.91 Å². The van der Waals surface area contributed by atoms with E-state index in [4.69, 9.17) is 0 Å². The number of amides is 1. The van der Waals surface area contributed by atoms with E-state index in [1.54, 1.807) is 4.68 Å². The predicted molar refractivity (Wildman–Crippen MR) is 82.7 cm³/mol. The number of aromatic nitrogens is 3. The molecule has 5 nitrogen and oxygen atoms in total. The van der Waals surface area contributed by atoms with Gasteiger partial charge in [0.15, 0.2) is 5.69 Å². The third-order valence-corrected chi connectivity index (χ3v) is 3.16. The third kappa shape index (κ3) is 3.48. The van der Waals surface area contributed by atoms with Crippen molar-refractivity contribution in [2.24, 2.45) is 0 Å². The Balaban J connectivity index is 2.41. The highest BCUT2D eigenvalue weighted by molar-refractivity contribution is 5.93. The second-order valence-electron chi connectivity index (χ2n) is 5.51. The van der Waals surface area contributed by atoms with Crippen molar-refractivity contribution < 1.29 is 4.79 Å². The molecule has 1 aromatic heterocycles. The Morgan fingerprint density at radius 3 is 2.52 bits per heavy atom. The van der Waals surface area contributed by atoms with E-state index in [0.29, 0.717) is 5.69 Å². The van der Waals surface area contributed by atoms with Crippen LogP contribution < -0.4 is 5.32 Å². The van der Waals surface area contributed by atoms with Crippen LogP contribution in [0.25, 0.3) is 5.69 Å². The summed E-state index contributed by atoms with van der Waals surface area (Å²) in [4.78, 5) is 12.2. The Hall–Kier alpha value is -2.17. The molecule has 0 aliphatic rings. The molecule has 1 aromatic carbocycles. The second kappa shape index (κ2) is 6.52. The molecule has 1 heterocycles. The molecule has 0 fully saturated rings. The van der Waals surface area contributed by atoms with Crippen molar-refractivity contribution in [1.82, 2.24) is 20.3 Å². The molecule has 5 heteroatoms. The van der Waals surface area contributed by atoms with E-state index in [9.17, 15) is 4.79 Å². The first-order chi connectivity index (χ1) is 10.0. The lowest BCUT2D eigenvalue weighted by atomic mass is 10.1. The van der Waals surface area contributed by atoms with Gasteiger partial charge in [-0.2, -0.15) is 0 Å². The molecule has 0 unspecified atom stereocenters. The monoisotopic (exact) mass is 286 g/mol. The largest absolute Gasteiger partial charge is 0.348 e. The van der Waals surface area contributed by atoms with Crippen LogP contribution in [-0.2, 0) is 6.42 Å². The van der Waals surface area contributed by atoms with Crippen molar-refractivity contribution in [3.05, 3.63) is 41.2 Å². The van der Waals surface area contributed by atoms with Crippen LogP contribution in [0.2, 0.25) is 0 Å². The number of rotatable bonds is 5. The minimum Gasteiger partial charge on any atom is -0.348 e. The van der Waals surface area contributed by atoms with Gasteiger partial charge in [-0.05, 0) is 39.3 Å². The van der Waals surface area contributed by atoms with Crippen LogP contribution in [0.5, 0.6) is 0 Å². The Kier molecular flexibility index (Phi) is 4.73. The summed E-state index contributed by atoms with van der Waals surface area (Å²) in [7, 11) is 0. The molecule has 112 valence electrons. The summed E-state index contributed by atoms with van der Waals surface area (Å²) in [5.74, 6) is -0.160. The molecule has 0 radical (unpaired) electrons. The average Bonchev–Trinajstić information content (AvgIpc) is 2.83. The van der Waals surface area contributed by atoms with Gasteiger partial charge in [0, 0.05) is 6.04 Å². The van der Waals surface area contributed by atoms with Gasteiger partial charge in [-0.25, -0.2) is 4.68 Å². The third-order valence-electron chi connectivity index (χ3n) is 3.16. The van der Waals surface area contributed by atoms with Crippen molar-refractivity contribution in [2.45, 2.75) is 46.6 Å². The summed E-state index contributed by atoms with van der Waals surface area (Å²) in [5, 5.41) is 11.1. The number of hydrogen-bond donors (Lipinski definition) is 1. The molecule has 0 atom stereocenters. The fraction of sp³-hybridized carbons (Fsp3) is 0.438. The highest BCUT2D eigenvalue weighted by Gasteiger charge is 2.20. The lowest BCUT2D eigenvalue weighted by molar-refractivity contribution is 0.0937. The Morgan fingerprint density at radius 2 is 1.95 bits per heavy atom. The maximum Gasteiger partial charge on any atom is 0.273 e. The average molecular weight is 286 g/mol. The molecule has 0 aliphatic carbocycles. The zero-order valence-electron chi connectivity index (χ0n) is 13.1. The van der Waals surface area contributed by atoms with Gasteiger partial charge in [0.25, 0.3) is 5.91 Å². The number of carbonyl (C=O) groups is 1. The maximum atomic E-state index is 12.2. The molecule has 0 aliphatic heterocycles. The van der Waals surface area contributed by atoms with Crippen LogP contribution >= 0.6 is 0 Å². The summed E-state index contributed by atoms with van der Waals surface area (Å²) >= 11 is 0.